The largest absolute Gasteiger partial charge is 0.416 e. The Morgan fingerprint density at radius 1 is 1.05 bits per heavy atom. The molecule has 1 aromatic carbocycles. The van der Waals surface area contributed by atoms with E-state index in [0.717, 1.165) is 43.6 Å². The molecule has 124 valence electrons. The maximum absolute atomic E-state index is 12.5. The summed E-state index contributed by atoms with van der Waals surface area (Å²) < 4.78 is 37.4. The van der Waals surface area contributed by atoms with Gasteiger partial charge in [-0.05, 0) is 30.5 Å². The molecule has 0 unspecified atom stereocenters. The average molecular weight is 427 g/mol. The van der Waals surface area contributed by atoms with Crippen molar-refractivity contribution < 1.29 is 13.2 Å². The average Bonchev–Trinajstić information content (AvgIpc) is 2.73. The van der Waals surface area contributed by atoms with Crippen molar-refractivity contribution in [2.24, 2.45) is 10.7 Å². The zero-order valence-corrected chi connectivity index (χ0v) is 14.6. The molecule has 0 radical (unpaired) electrons. The summed E-state index contributed by atoms with van der Waals surface area (Å²) in [5, 5.41) is 0. The summed E-state index contributed by atoms with van der Waals surface area (Å²) in [6, 6.07) is 5.05. The Hall–Kier alpha value is -0.990. The molecule has 3 nitrogen and oxygen atoms in total. The molecule has 1 heterocycles. The minimum absolute atomic E-state index is 0. The quantitative estimate of drug-likeness (QED) is 0.440. The van der Waals surface area contributed by atoms with Gasteiger partial charge in [-0.25, -0.2) is 4.99 Å². The van der Waals surface area contributed by atoms with Crippen molar-refractivity contribution in [3.8, 4) is 0 Å². The minimum atomic E-state index is -4.30. The summed E-state index contributed by atoms with van der Waals surface area (Å²) in [6.45, 7) is 2.12. The molecule has 22 heavy (non-hydrogen) atoms. The van der Waals surface area contributed by atoms with E-state index in [1.165, 1.54) is 25.0 Å². The number of guanidine groups is 1. The Morgan fingerprint density at radius 2 is 1.59 bits per heavy atom. The van der Waals surface area contributed by atoms with Crippen molar-refractivity contribution in [1.82, 2.24) is 4.90 Å². The number of rotatable bonds is 2. The molecular formula is C15H21F3IN3. The number of nitrogens with two attached hydrogens (primary N) is 1. The minimum Gasteiger partial charge on any atom is -0.370 e. The summed E-state index contributed by atoms with van der Waals surface area (Å²) in [5.74, 6) is 0.483. The second-order valence-electron chi connectivity index (χ2n) is 5.27. The standard InChI is InChI=1S/C15H20F3N3.HI/c16-15(17,18)13-7-5-12(6-8-13)11-20-14(19)21-9-3-1-2-4-10-21;/h5-8H,1-4,9-11H2,(H2,19,20);1H. The Kier molecular flexibility index (Phi) is 7.44. The first-order chi connectivity index (χ1) is 9.97. The lowest BCUT2D eigenvalue weighted by atomic mass is 10.1. The van der Waals surface area contributed by atoms with Crippen LogP contribution in [0.3, 0.4) is 0 Å². The Labute approximate surface area is 145 Å². The third-order valence-electron chi connectivity index (χ3n) is 3.63. The first kappa shape index (κ1) is 19.1. The van der Waals surface area contributed by atoms with E-state index in [9.17, 15) is 13.2 Å². The maximum atomic E-state index is 12.5. The van der Waals surface area contributed by atoms with Gasteiger partial charge in [-0.2, -0.15) is 13.2 Å². The van der Waals surface area contributed by atoms with E-state index < -0.39 is 11.7 Å². The summed E-state index contributed by atoms with van der Waals surface area (Å²) in [6.07, 6.45) is 0.339. The molecule has 1 aliphatic rings. The van der Waals surface area contributed by atoms with Gasteiger partial charge in [-0.15, -0.1) is 24.0 Å². The SMILES string of the molecule is I.NC(=NCc1ccc(C(F)(F)F)cc1)N1CCCCCC1. The Bertz CT molecular complexity index is 478. The van der Waals surface area contributed by atoms with Crippen molar-refractivity contribution in [1.29, 1.82) is 0 Å². The topological polar surface area (TPSA) is 41.6 Å². The predicted octanol–water partition coefficient (Wildman–Crippen LogP) is 4.01. The summed E-state index contributed by atoms with van der Waals surface area (Å²) in [5.41, 5.74) is 6.04. The fourth-order valence-electron chi connectivity index (χ4n) is 2.37. The van der Waals surface area contributed by atoms with E-state index in [0.29, 0.717) is 12.5 Å². The van der Waals surface area contributed by atoms with Crippen molar-refractivity contribution in [3.63, 3.8) is 0 Å². The lowest BCUT2D eigenvalue weighted by Gasteiger charge is -2.21. The van der Waals surface area contributed by atoms with Crippen LogP contribution in [0.4, 0.5) is 13.2 Å². The van der Waals surface area contributed by atoms with E-state index in [1.54, 1.807) is 0 Å². The number of halogens is 4. The summed E-state index contributed by atoms with van der Waals surface area (Å²) in [4.78, 5) is 6.34. The monoisotopic (exact) mass is 427 g/mol. The second-order valence-corrected chi connectivity index (χ2v) is 5.27. The Morgan fingerprint density at radius 3 is 2.09 bits per heavy atom. The highest BCUT2D eigenvalue weighted by atomic mass is 127. The predicted molar refractivity (Wildman–Crippen MR) is 92.2 cm³/mol. The van der Waals surface area contributed by atoms with Crippen LogP contribution in [0.2, 0.25) is 0 Å². The molecule has 1 fully saturated rings. The first-order valence-corrected chi connectivity index (χ1v) is 7.18. The molecule has 2 N–H and O–H groups in total. The number of hydrogen-bond donors (Lipinski definition) is 1. The third kappa shape index (κ3) is 5.66. The molecule has 0 spiro atoms. The van der Waals surface area contributed by atoms with E-state index in [1.807, 2.05) is 0 Å². The first-order valence-electron chi connectivity index (χ1n) is 7.18. The number of benzene rings is 1. The summed E-state index contributed by atoms with van der Waals surface area (Å²) in [7, 11) is 0. The van der Waals surface area contributed by atoms with Gasteiger partial charge >= 0.3 is 6.18 Å². The lowest BCUT2D eigenvalue weighted by Crippen LogP contribution is -2.38. The summed E-state index contributed by atoms with van der Waals surface area (Å²) >= 11 is 0. The zero-order chi connectivity index (χ0) is 15.3. The van der Waals surface area contributed by atoms with Gasteiger partial charge in [-0.3, -0.25) is 0 Å². The third-order valence-corrected chi connectivity index (χ3v) is 3.63. The van der Waals surface area contributed by atoms with E-state index in [4.69, 9.17) is 5.73 Å². The van der Waals surface area contributed by atoms with Crippen molar-refractivity contribution >= 4 is 29.9 Å². The van der Waals surface area contributed by atoms with Crippen LogP contribution in [-0.4, -0.2) is 23.9 Å². The molecule has 1 saturated heterocycles. The number of nitrogens with zero attached hydrogens (tertiary/aromatic N) is 2. The van der Waals surface area contributed by atoms with Gasteiger partial charge in [0.1, 0.15) is 0 Å². The van der Waals surface area contributed by atoms with Gasteiger partial charge in [0.15, 0.2) is 5.96 Å². The lowest BCUT2D eigenvalue weighted by molar-refractivity contribution is -0.137. The fourth-order valence-corrected chi connectivity index (χ4v) is 2.37. The highest BCUT2D eigenvalue weighted by molar-refractivity contribution is 14.0. The van der Waals surface area contributed by atoms with Gasteiger partial charge in [0.25, 0.3) is 0 Å². The second kappa shape index (κ2) is 8.59. The van der Waals surface area contributed by atoms with E-state index >= 15 is 0 Å². The van der Waals surface area contributed by atoms with Gasteiger partial charge in [0, 0.05) is 13.1 Å². The van der Waals surface area contributed by atoms with Crippen LogP contribution in [0.15, 0.2) is 29.3 Å². The smallest absolute Gasteiger partial charge is 0.370 e. The number of alkyl halides is 3. The molecule has 0 aromatic heterocycles. The number of hydrogen-bond acceptors (Lipinski definition) is 1. The molecule has 0 bridgehead atoms. The Balaban J connectivity index is 0.00000242. The zero-order valence-electron chi connectivity index (χ0n) is 12.3. The van der Waals surface area contributed by atoms with Crippen molar-refractivity contribution in [2.75, 3.05) is 13.1 Å². The van der Waals surface area contributed by atoms with Gasteiger partial charge in [-0.1, -0.05) is 25.0 Å². The molecule has 1 aromatic rings. The van der Waals surface area contributed by atoms with Crippen LogP contribution in [0.5, 0.6) is 0 Å². The van der Waals surface area contributed by atoms with Crippen LogP contribution in [0, 0.1) is 0 Å². The molecule has 7 heteroatoms. The molecule has 0 atom stereocenters. The molecular weight excluding hydrogens is 406 g/mol. The highest BCUT2D eigenvalue weighted by Crippen LogP contribution is 2.29. The number of likely N-dealkylation sites (tertiary alicyclic amines) is 1. The van der Waals surface area contributed by atoms with Gasteiger partial charge in [0.05, 0.1) is 12.1 Å². The molecule has 0 amide bonds. The van der Waals surface area contributed by atoms with Crippen LogP contribution < -0.4 is 5.73 Å². The van der Waals surface area contributed by atoms with Crippen LogP contribution in [0.1, 0.15) is 36.8 Å². The van der Waals surface area contributed by atoms with Crippen molar-refractivity contribution in [3.05, 3.63) is 35.4 Å². The molecule has 0 aliphatic carbocycles. The molecule has 1 aliphatic heterocycles. The fraction of sp³-hybridized carbons (Fsp3) is 0.533. The van der Waals surface area contributed by atoms with Crippen LogP contribution >= 0.6 is 24.0 Å². The van der Waals surface area contributed by atoms with E-state index in [-0.39, 0.29) is 24.0 Å². The highest BCUT2D eigenvalue weighted by Gasteiger charge is 2.29. The van der Waals surface area contributed by atoms with Crippen LogP contribution in [-0.2, 0) is 12.7 Å². The molecule has 0 saturated carbocycles. The van der Waals surface area contributed by atoms with Gasteiger partial charge in [0.2, 0.25) is 0 Å². The van der Waals surface area contributed by atoms with E-state index in [2.05, 4.69) is 9.89 Å². The van der Waals surface area contributed by atoms with Crippen molar-refractivity contribution in [2.45, 2.75) is 38.4 Å². The van der Waals surface area contributed by atoms with Crippen LogP contribution in [0.25, 0.3) is 0 Å². The number of aliphatic imine (C=N–C) groups is 1. The molecule has 2 rings (SSSR count). The normalized spacial score (nSPS) is 16.9. The van der Waals surface area contributed by atoms with Gasteiger partial charge < -0.3 is 10.6 Å². The maximum Gasteiger partial charge on any atom is 0.416 e.